The van der Waals surface area contributed by atoms with Gasteiger partial charge in [0.2, 0.25) is 0 Å². The fraction of sp³-hybridized carbons (Fsp3) is 0.533. The SMILES string of the molecule is CCN(CC(C)(C)O)C(=O)c1ccc2c(c1)CCO2. The summed E-state index contributed by atoms with van der Waals surface area (Å²) in [5, 5.41) is 9.86. The topological polar surface area (TPSA) is 49.8 Å². The van der Waals surface area contributed by atoms with Gasteiger partial charge in [0.25, 0.3) is 5.91 Å². The van der Waals surface area contributed by atoms with E-state index in [9.17, 15) is 9.90 Å². The van der Waals surface area contributed by atoms with E-state index in [1.165, 1.54) is 0 Å². The number of carbonyl (C=O) groups excluding carboxylic acids is 1. The van der Waals surface area contributed by atoms with Gasteiger partial charge in [-0.25, -0.2) is 0 Å². The predicted molar refractivity (Wildman–Crippen MR) is 73.5 cm³/mol. The van der Waals surface area contributed by atoms with Gasteiger partial charge in [0, 0.05) is 25.1 Å². The molecular formula is C15H21NO3. The quantitative estimate of drug-likeness (QED) is 0.902. The van der Waals surface area contributed by atoms with Crippen LogP contribution in [-0.2, 0) is 6.42 Å². The Kier molecular flexibility index (Phi) is 3.80. The first-order valence-electron chi connectivity index (χ1n) is 6.68. The van der Waals surface area contributed by atoms with E-state index in [2.05, 4.69) is 0 Å². The first-order valence-corrected chi connectivity index (χ1v) is 6.68. The Morgan fingerprint density at radius 3 is 2.84 bits per heavy atom. The summed E-state index contributed by atoms with van der Waals surface area (Å²) in [6, 6.07) is 5.55. The van der Waals surface area contributed by atoms with Gasteiger partial charge in [0.15, 0.2) is 0 Å². The number of amides is 1. The van der Waals surface area contributed by atoms with E-state index in [1.807, 2.05) is 19.1 Å². The fourth-order valence-corrected chi connectivity index (χ4v) is 2.30. The number of hydrogen-bond donors (Lipinski definition) is 1. The predicted octanol–water partition coefficient (Wildman–Crippen LogP) is 1.85. The van der Waals surface area contributed by atoms with Gasteiger partial charge in [0.05, 0.1) is 12.2 Å². The molecule has 0 atom stereocenters. The minimum atomic E-state index is -0.883. The summed E-state index contributed by atoms with van der Waals surface area (Å²) in [6.07, 6.45) is 0.855. The molecule has 104 valence electrons. The Balaban J connectivity index is 2.18. The largest absolute Gasteiger partial charge is 0.493 e. The van der Waals surface area contributed by atoms with Gasteiger partial charge in [-0.05, 0) is 44.5 Å². The normalized spacial score (nSPS) is 13.9. The van der Waals surface area contributed by atoms with Crippen LogP contribution in [-0.4, -0.2) is 41.2 Å². The lowest BCUT2D eigenvalue weighted by atomic mass is 10.1. The van der Waals surface area contributed by atoms with Crippen LogP contribution in [0.3, 0.4) is 0 Å². The van der Waals surface area contributed by atoms with Crippen LogP contribution in [0.5, 0.6) is 5.75 Å². The third kappa shape index (κ3) is 3.26. The van der Waals surface area contributed by atoms with Crippen molar-refractivity contribution in [3.05, 3.63) is 29.3 Å². The van der Waals surface area contributed by atoms with Crippen LogP contribution in [0.2, 0.25) is 0 Å². The smallest absolute Gasteiger partial charge is 0.253 e. The number of benzene rings is 1. The Bertz CT molecular complexity index is 477. The van der Waals surface area contributed by atoms with Gasteiger partial charge in [-0.2, -0.15) is 0 Å². The number of aliphatic hydroxyl groups is 1. The summed E-state index contributed by atoms with van der Waals surface area (Å²) < 4.78 is 5.44. The summed E-state index contributed by atoms with van der Waals surface area (Å²) in [5.74, 6) is 0.835. The standard InChI is InChI=1S/C15H21NO3/c1-4-16(10-15(2,3)18)14(17)12-5-6-13-11(9-12)7-8-19-13/h5-6,9,18H,4,7-8,10H2,1-3H3. The highest BCUT2D eigenvalue weighted by atomic mass is 16.5. The summed E-state index contributed by atoms with van der Waals surface area (Å²) in [6.45, 7) is 6.93. The van der Waals surface area contributed by atoms with Gasteiger partial charge < -0.3 is 14.7 Å². The van der Waals surface area contributed by atoms with E-state index < -0.39 is 5.60 Å². The van der Waals surface area contributed by atoms with Crippen molar-refractivity contribution in [2.75, 3.05) is 19.7 Å². The Morgan fingerprint density at radius 1 is 1.47 bits per heavy atom. The third-order valence-electron chi connectivity index (χ3n) is 3.18. The van der Waals surface area contributed by atoms with Crippen molar-refractivity contribution in [1.29, 1.82) is 0 Å². The van der Waals surface area contributed by atoms with Crippen LogP contribution in [0, 0.1) is 0 Å². The van der Waals surface area contributed by atoms with Gasteiger partial charge in [-0.15, -0.1) is 0 Å². The third-order valence-corrected chi connectivity index (χ3v) is 3.18. The lowest BCUT2D eigenvalue weighted by molar-refractivity contribution is 0.0314. The second kappa shape index (κ2) is 5.21. The molecule has 19 heavy (non-hydrogen) atoms. The number of hydrogen-bond acceptors (Lipinski definition) is 3. The van der Waals surface area contributed by atoms with E-state index in [0.29, 0.717) is 25.3 Å². The summed E-state index contributed by atoms with van der Waals surface area (Å²) >= 11 is 0. The van der Waals surface area contributed by atoms with Gasteiger partial charge in [-0.3, -0.25) is 4.79 Å². The Hall–Kier alpha value is -1.55. The summed E-state index contributed by atoms with van der Waals surface area (Å²) in [4.78, 5) is 14.1. The summed E-state index contributed by atoms with van der Waals surface area (Å²) in [7, 11) is 0. The van der Waals surface area contributed by atoms with Crippen LogP contribution < -0.4 is 4.74 Å². The number of nitrogens with zero attached hydrogens (tertiary/aromatic N) is 1. The lowest BCUT2D eigenvalue weighted by Gasteiger charge is -2.28. The first kappa shape index (κ1) is 13.9. The highest BCUT2D eigenvalue weighted by Gasteiger charge is 2.23. The molecule has 1 aliphatic heterocycles. The fourth-order valence-electron chi connectivity index (χ4n) is 2.30. The molecule has 4 heteroatoms. The average Bonchev–Trinajstić information content (AvgIpc) is 2.81. The number of rotatable bonds is 4. The van der Waals surface area contributed by atoms with Gasteiger partial charge in [0.1, 0.15) is 5.75 Å². The van der Waals surface area contributed by atoms with E-state index in [-0.39, 0.29) is 5.91 Å². The molecule has 1 heterocycles. The Morgan fingerprint density at radius 2 is 2.21 bits per heavy atom. The molecule has 0 saturated carbocycles. The van der Waals surface area contributed by atoms with E-state index in [4.69, 9.17) is 4.74 Å². The van der Waals surface area contributed by atoms with Crippen molar-refractivity contribution in [1.82, 2.24) is 4.90 Å². The van der Waals surface area contributed by atoms with E-state index >= 15 is 0 Å². The molecule has 1 aromatic rings. The van der Waals surface area contributed by atoms with Crippen molar-refractivity contribution in [2.45, 2.75) is 32.8 Å². The van der Waals surface area contributed by atoms with Crippen LogP contribution in [0.4, 0.5) is 0 Å². The molecule has 2 rings (SSSR count). The van der Waals surface area contributed by atoms with Crippen LogP contribution in [0.25, 0.3) is 0 Å². The molecule has 1 amide bonds. The highest BCUT2D eigenvalue weighted by molar-refractivity contribution is 5.94. The number of ether oxygens (including phenoxy) is 1. The van der Waals surface area contributed by atoms with Crippen molar-refractivity contribution in [2.24, 2.45) is 0 Å². The molecule has 0 aromatic heterocycles. The minimum Gasteiger partial charge on any atom is -0.493 e. The zero-order valence-electron chi connectivity index (χ0n) is 11.8. The highest BCUT2D eigenvalue weighted by Crippen LogP contribution is 2.26. The number of fused-ring (bicyclic) bond motifs is 1. The zero-order valence-corrected chi connectivity index (χ0v) is 11.8. The second-order valence-electron chi connectivity index (χ2n) is 5.55. The zero-order chi connectivity index (χ0) is 14.0. The molecule has 0 saturated heterocycles. The molecule has 1 N–H and O–H groups in total. The number of likely N-dealkylation sites (N-methyl/N-ethyl adjacent to an activating group) is 1. The lowest BCUT2D eigenvalue weighted by Crippen LogP contribution is -2.42. The molecule has 0 aliphatic carbocycles. The molecule has 0 spiro atoms. The Labute approximate surface area is 114 Å². The van der Waals surface area contributed by atoms with E-state index in [0.717, 1.165) is 17.7 Å². The van der Waals surface area contributed by atoms with Crippen molar-refractivity contribution >= 4 is 5.91 Å². The average molecular weight is 263 g/mol. The molecule has 0 fully saturated rings. The van der Waals surface area contributed by atoms with Crippen molar-refractivity contribution in [3.8, 4) is 5.75 Å². The maximum absolute atomic E-state index is 12.4. The van der Waals surface area contributed by atoms with E-state index in [1.54, 1.807) is 24.8 Å². The molecular weight excluding hydrogens is 242 g/mol. The maximum atomic E-state index is 12.4. The van der Waals surface area contributed by atoms with Crippen LogP contribution in [0.15, 0.2) is 18.2 Å². The molecule has 0 bridgehead atoms. The van der Waals surface area contributed by atoms with Gasteiger partial charge in [-0.1, -0.05) is 0 Å². The number of carbonyl (C=O) groups is 1. The van der Waals surface area contributed by atoms with Gasteiger partial charge >= 0.3 is 0 Å². The minimum absolute atomic E-state index is 0.0423. The monoisotopic (exact) mass is 263 g/mol. The molecule has 0 radical (unpaired) electrons. The maximum Gasteiger partial charge on any atom is 0.253 e. The van der Waals surface area contributed by atoms with Crippen molar-refractivity contribution in [3.63, 3.8) is 0 Å². The second-order valence-corrected chi connectivity index (χ2v) is 5.55. The molecule has 0 unspecified atom stereocenters. The van der Waals surface area contributed by atoms with Crippen LogP contribution >= 0.6 is 0 Å². The molecule has 4 nitrogen and oxygen atoms in total. The molecule has 1 aliphatic rings. The summed E-state index contributed by atoms with van der Waals surface area (Å²) in [5.41, 5.74) is 0.867. The van der Waals surface area contributed by atoms with Crippen molar-refractivity contribution < 1.29 is 14.6 Å². The molecule has 1 aromatic carbocycles. The van der Waals surface area contributed by atoms with Crippen LogP contribution in [0.1, 0.15) is 36.7 Å². The first-order chi connectivity index (χ1) is 8.90.